The molecule has 0 radical (unpaired) electrons. The molecule has 3 nitrogen and oxygen atoms in total. The normalized spacial score (nSPS) is 15.8. The maximum absolute atomic E-state index is 10.7. The average Bonchev–Trinajstić information content (AvgIpc) is 2.66. The first-order valence-corrected chi connectivity index (χ1v) is 6.73. The van der Waals surface area contributed by atoms with Crippen LogP contribution in [0.25, 0.3) is 0 Å². The number of aldehydes is 1. The SMILES string of the molecule is COc1c(C)c(CCC=O)c2c(c1C)CC(C)(C)O2. The van der Waals surface area contributed by atoms with Crippen LogP contribution in [0, 0.1) is 13.8 Å². The van der Waals surface area contributed by atoms with E-state index in [9.17, 15) is 4.79 Å². The minimum Gasteiger partial charge on any atom is -0.496 e. The largest absolute Gasteiger partial charge is 0.496 e. The second-order valence-corrected chi connectivity index (χ2v) is 5.81. The average molecular weight is 262 g/mol. The molecular formula is C16H22O3. The summed E-state index contributed by atoms with van der Waals surface area (Å²) in [5.74, 6) is 1.91. The number of fused-ring (bicyclic) bond motifs is 1. The fourth-order valence-electron chi connectivity index (χ4n) is 2.96. The van der Waals surface area contributed by atoms with Crippen molar-refractivity contribution in [1.82, 2.24) is 0 Å². The quantitative estimate of drug-likeness (QED) is 0.782. The summed E-state index contributed by atoms with van der Waals surface area (Å²) in [6, 6.07) is 0. The smallest absolute Gasteiger partial charge is 0.127 e. The van der Waals surface area contributed by atoms with Gasteiger partial charge in [0.05, 0.1) is 7.11 Å². The zero-order chi connectivity index (χ0) is 14.2. The lowest BCUT2D eigenvalue weighted by molar-refractivity contribution is -0.107. The number of rotatable bonds is 4. The van der Waals surface area contributed by atoms with E-state index in [1.807, 2.05) is 6.92 Å². The predicted molar refractivity (Wildman–Crippen MR) is 75.3 cm³/mol. The Hall–Kier alpha value is -1.51. The van der Waals surface area contributed by atoms with E-state index in [2.05, 4.69) is 20.8 Å². The number of ether oxygens (including phenoxy) is 2. The highest BCUT2D eigenvalue weighted by molar-refractivity contribution is 5.62. The monoisotopic (exact) mass is 262 g/mol. The molecule has 1 aromatic rings. The van der Waals surface area contributed by atoms with Crippen LogP contribution in [0.2, 0.25) is 0 Å². The maximum atomic E-state index is 10.7. The summed E-state index contributed by atoms with van der Waals surface area (Å²) in [7, 11) is 1.70. The molecule has 0 spiro atoms. The van der Waals surface area contributed by atoms with Gasteiger partial charge >= 0.3 is 0 Å². The van der Waals surface area contributed by atoms with Crippen LogP contribution < -0.4 is 9.47 Å². The van der Waals surface area contributed by atoms with E-state index in [0.717, 1.165) is 40.9 Å². The molecule has 1 aliphatic heterocycles. The molecule has 0 saturated heterocycles. The second-order valence-electron chi connectivity index (χ2n) is 5.81. The number of hydrogen-bond donors (Lipinski definition) is 0. The molecule has 1 aromatic carbocycles. The van der Waals surface area contributed by atoms with Gasteiger partial charge in [0.1, 0.15) is 23.4 Å². The fourth-order valence-corrected chi connectivity index (χ4v) is 2.96. The molecule has 0 atom stereocenters. The molecule has 104 valence electrons. The van der Waals surface area contributed by atoms with E-state index in [0.29, 0.717) is 12.8 Å². The van der Waals surface area contributed by atoms with E-state index >= 15 is 0 Å². The van der Waals surface area contributed by atoms with Crippen LogP contribution in [0.1, 0.15) is 42.5 Å². The molecule has 2 rings (SSSR count). The van der Waals surface area contributed by atoms with Crippen molar-refractivity contribution in [3.63, 3.8) is 0 Å². The molecule has 0 aromatic heterocycles. The highest BCUT2D eigenvalue weighted by atomic mass is 16.5. The fraction of sp³-hybridized carbons (Fsp3) is 0.562. The standard InChI is InChI=1S/C16H22O3/c1-10-12(7-6-8-17)15-13(9-16(3,4)19-15)11(2)14(10)18-5/h8H,6-7,9H2,1-5H3. The molecule has 0 amide bonds. The van der Waals surface area contributed by atoms with Crippen LogP contribution in [0.15, 0.2) is 0 Å². The Labute approximate surface area is 114 Å². The van der Waals surface area contributed by atoms with Crippen LogP contribution >= 0.6 is 0 Å². The Morgan fingerprint density at radius 2 is 2.00 bits per heavy atom. The molecule has 0 fully saturated rings. The van der Waals surface area contributed by atoms with Gasteiger partial charge in [-0.05, 0) is 45.2 Å². The van der Waals surface area contributed by atoms with Crippen LogP contribution in [0.5, 0.6) is 11.5 Å². The summed E-state index contributed by atoms with van der Waals surface area (Å²) < 4.78 is 11.7. The van der Waals surface area contributed by atoms with E-state index in [-0.39, 0.29) is 5.60 Å². The molecule has 0 saturated carbocycles. The molecule has 19 heavy (non-hydrogen) atoms. The summed E-state index contributed by atoms with van der Waals surface area (Å²) in [5, 5.41) is 0. The second kappa shape index (κ2) is 4.87. The van der Waals surface area contributed by atoms with Gasteiger partial charge in [-0.1, -0.05) is 0 Å². The lowest BCUT2D eigenvalue weighted by Crippen LogP contribution is -2.25. The first kappa shape index (κ1) is 13.9. The lowest BCUT2D eigenvalue weighted by atomic mass is 9.91. The number of carbonyl (C=O) groups is 1. The molecule has 1 aliphatic rings. The minimum absolute atomic E-state index is 0.179. The Balaban J connectivity index is 2.60. The van der Waals surface area contributed by atoms with Gasteiger partial charge in [0.2, 0.25) is 0 Å². The van der Waals surface area contributed by atoms with Crippen molar-refractivity contribution in [2.24, 2.45) is 0 Å². The van der Waals surface area contributed by atoms with Crippen molar-refractivity contribution >= 4 is 6.29 Å². The maximum Gasteiger partial charge on any atom is 0.127 e. The summed E-state index contributed by atoms with van der Waals surface area (Å²) >= 11 is 0. The number of carbonyl (C=O) groups excluding carboxylic acids is 1. The first-order valence-electron chi connectivity index (χ1n) is 6.73. The summed E-state index contributed by atoms with van der Waals surface area (Å²) in [6.07, 6.45) is 3.07. The number of benzene rings is 1. The van der Waals surface area contributed by atoms with Crippen LogP contribution in [0.3, 0.4) is 0 Å². The Bertz CT molecular complexity index is 515. The third-order valence-corrected chi connectivity index (χ3v) is 3.83. The van der Waals surface area contributed by atoms with Crippen molar-refractivity contribution in [3.8, 4) is 11.5 Å². The zero-order valence-corrected chi connectivity index (χ0v) is 12.4. The third-order valence-electron chi connectivity index (χ3n) is 3.83. The molecule has 0 N–H and O–H groups in total. The first-order chi connectivity index (χ1) is 8.91. The van der Waals surface area contributed by atoms with E-state index in [1.54, 1.807) is 7.11 Å². The summed E-state index contributed by atoms with van der Waals surface area (Å²) in [5.41, 5.74) is 4.43. The topological polar surface area (TPSA) is 35.5 Å². The van der Waals surface area contributed by atoms with Crippen LogP contribution in [0.4, 0.5) is 0 Å². The zero-order valence-electron chi connectivity index (χ0n) is 12.4. The third kappa shape index (κ3) is 2.34. The summed E-state index contributed by atoms with van der Waals surface area (Å²) in [6.45, 7) is 8.31. The number of hydrogen-bond acceptors (Lipinski definition) is 3. The molecule has 0 bridgehead atoms. The van der Waals surface area contributed by atoms with Gasteiger partial charge in [-0.15, -0.1) is 0 Å². The molecule has 0 unspecified atom stereocenters. The van der Waals surface area contributed by atoms with E-state index in [1.165, 1.54) is 5.56 Å². The predicted octanol–water partition coefficient (Wildman–Crippen LogP) is 3.16. The minimum atomic E-state index is -0.179. The van der Waals surface area contributed by atoms with Crippen LogP contribution in [-0.2, 0) is 17.6 Å². The van der Waals surface area contributed by atoms with Crippen molar-refractivity contribution in [3.05, 3.63) is 22.3 Å². The Morgan fingerprint density at radius 3 is 2.58 bits per heavy atom. The highest BCUT2D eigenvalue weighted by Gasteiger charge is 2.35. The van der Waals surface area contributed by atoms with E-state index in [4.69, 9.17) is 9.47 Å². The molecule has 3 heteroatoms. The van der Waals surface area contributed by atoms with Gasteiger partial charge < -0.3 is 14.3 Å². The van der Waals surface area contributed by atoms with Gasteiger partial charge in [0.25, 0.3) is 0 Å². The number of methoxy groups -OCH3 is 1. The Kier molecular flexibility index (Phi) is 3.57. The molecule has 1 heterocycles. The van der Waals surface area contributed by atoms with Gasteiger partial charge in [-0.3, -0.25) is 0 Å². The van der Waals surface area contributed by atoms with Crippen molar-refractivity contribution < 1.29 is 14.3 Å². The Morgan fingerprint density at radius 1 is 1.32 bits per heavy atom. The van der Waals surface area contributed by atoms with E-state index < -0.39 is 0 Å². The lowest BCUT2D eigenvalue weighted by Gasteiger charge is -2.20. The highest BCUT2D eigenvalue weighted by Crippen LogP contribution is 2.45. The van der Waals surface area contributed by atoms with Crippen molar-refractivity contribution in [2.75, 3.05) is 7.11 Å². The van der Waals surface area contributed by atoms with Gasteiger partial charge in [0.15, 0.2) is 0 Å². The molecular weight excluding hydrogens is 240 g/mol. The summed E-state index contributed by atoms with van der Waals surface area (Å²) in [4.78, 5) is 10.7. The molecule has 0 aliphatic carbocycles. The van der Waals surface area contributed by atoms with Crippen molar-refractivity contribution in [2.45, 2.75) is 52.6 Å². The van der Waals surface area contributed by atoms with Gasteiger partial charge in [-0.2, -0.15) is 0 Å². The van der Waals surface area contributed by atoms with Crippen LogP contribution in [-0.4, -0.2) is 19.0 Å². The van der Waals surface area contributed by atoms with Gasteiger partial charge in [0, 0.05) is 24.0 Å². The van der Waals surface area contributed by atoms with Crippen molar-refractivity contribution in [1.29, 1.82) is 0 Å². The van der Waals surface area contributed by atoms with Gasteiger partial charge in [-0.25, -0.2) is 0 Å².